The highest BCUT2D eigenvalue weighted by Gasteiger charge is 2.42. The zero-order valence-corrected chi connectivity index (χ0v) is 21.6. The van der Waals surface area contributed by atoms with E-state index in [-0.39, 0.29) is 41.9 Å². The summed E-state index contributed by atoms with van der Waals surface area (Å²) in [6, 6.07) is 4.76. The molecule has 1 atom stereocenters. The molecule has 3 amide bonds. The van der Waals surface area contributed by atoms with E-state index in [2.05, 4.69) is 10.6 Å². The predicted molar refractivity (Wildman–Crippen MR) is 134 cm³/mol. The summed E-state index contributed by atoms with van der Waals surface area (Å²) < 4.78 is 60.8. The van der Waals surface area contributed by atoms with Crippen LogP contribution in [0.1, 0.15) is 28.9 Å². The van der Waals surface area contributed by atoms with Gasteiger partial charge >= 0.3 is 6.18 Å². The molecule has 4 rings (SSSR count). The molecule has 1 aromatic carbocycles. The van der Waals surface area contributed by atoms with Crippen LogP contribution in [0.2, 0.25) is 4.34 Å². The van der Waals surface area contributed by atoms with Gasteiger partial charge in [0.05, 0.1) is 28.1 Å². The Morgan fingerprint density at radius 2 is 2.00 bits per heavy atom. The van der Waals surface area contributed by atoms with Gasteiger partial charge in [-0.1, -0.05) is 18.0 Å². The van der Waals surface area contributed by atoms with Crippen LogP contribution in [-0.4, -0.2) is 73.7 Å². The standard InChI is InChI=1S/C24H25ClF4N4O4S/c25-20-7-6-19(38-20)23(36)30-11-18(33(13-24(27,28)29)14-2-1-3-14)22(35)31-17-5-4-15(10-16(17)26)32-8-9-37-12-21(32)34/h4-7,10,14,18H,1-3,8-9,11-13H2,(H,30,36)(H,31,35)/t18-/m0/s1. The average molecular weight is 577 g/mol. The van der Waals surface area contributed by atoms with Gasteiger partial charge in [0, 0.05) is 24.8 Å². The van der Waals surface area contributed by atoms with E-state index in [4.69, 9.17) is 16.3 Å². The largest absolute Gasteiger partial charge is 0.401 e. The molecule has 2 N–H and O–H groups in total. The number of carbonyl (C=O) groups is 3. The molecule has 2 aromatic rings. The molecule has 1 saturated carbocycles. The van der Waals surface area contributed by atoms with E-state index < -0.39 is 49.0 Å². The lowest BCUT2D eigenvalue weighted by atomic mass is 9.90. The second kappa shape index (κ2) is 12.0. The minimum absolute atomic E-state index is 0.138. The Morgan fingerprint density at radius 3 is 2.58 bits per heavy atom. The minimum Gasteiger partial charge on any atom is -0.370 e. The number of ether oxygens (including phenoxy) is 1. The van der Waals surface area contributed by atoms with Gasteiger partial charge in [-0.25, -0.2) is 4.39 Å². The van der Waals surface area contributed by atoms with Gasteiger partial charge in [-0.3, -0.25) is 19.3 Å². The maximum absolute atomic E-state index is 14.9. The third kappa shape index (κ3) is 7.01. The first-order valence-corrected chi connectivity index (χ1v) is 13.1. The van der Waals surface area contributed by atoms with Gasteiger partial charge in [-0.2, -0.15) is 13.2 Å². The van der Waals surface area contributed by atoms with Crippen molar-refractivity contribution in [2.75, 3.05) is 43.1 Å². The zero-order chi connectivity index (χ0) is 27.4. The molecule has 1 saturated heterocycles. The van der Waals surface area contributed by atoms with E-state index in [1.807, 2.05) is 0 Å². The number of amides is 3. The smallest absolute Gasteiger partial charge is 0.370 e. The second-order valence-corrected chi connectivity index (χ2v) is 10.7. The monoisotopic (exact) mass is 576 g/mol. The van der Waals surface area contributed by atoms with Crippen LogP contribution in [0.15, 0.2) is 30.3 Å². The van der Waals surface area contributed by atoms with Crippen LogP contribution in [0, 0.1) is 5.82 Å². The highest BCUT2D eigenvalue weighted by Crippen LogP contribution is 2.31. The third-order valence-corrected chi connectivity index (χ3v) is 7.60. The number of hydrogen-bond donors (Lipinski definition) is 2. The first kappa shape index (κ1) is 28.3. The van der Waals surface area contributed by atoms with Gasteiger partial charge in [0.1, 0.15) is 18.5 Å². The molecule has 1 aromatic heterocycles. The van der Waals surface area contributed by atoms with Crippen LogP contribution in [0.4, 0.5) is 28.9 Å². The first-order chi connectivity index (χ1) is 18.0. The molecule has 38 heavy (non-hydrogen) atoms. The molecule has 1 aliphatic carbocycles. The molecule has 8 nitrogen and oxygen atoms in total. The number of nitrogens with zero attached hydrogens (tertiary/aromatic N) is 2. The quantitative estimate of drug-likeness (QED) is 0.440. The van der Waals surface area contributed by atoms with Crippen molar-refractivity contribution in [1.29, 1.82) is 0 Å². The Morgan fingerprint density at radius 1 is 1.24 bits per heavy atom. The number of carbonyl (C=O) groups excluding carboxylic acids is 3. The summed E-state index contributed by atoms with van der Waals surface area (Å²) >= 11 is 6.85. The molecular weight excluding hydrogens is 552 g/mol. The molecule has 2 heterocycles. The molecule has 14 heteroatoms. The summed E-state index contributed by atoms with van der Waals surface area (Å²) in [4.78, 5) is 40.5. The molecule has 206 valence electrons. The van der Waals surface area contributed by atoms with E-state index >= 15 is 0 Å². The van der Waals surface area contributed by atoms with Crippen molar-refractivity contribution in [2.45, 2.75) is 37.5 Å². The number of hydrogen-bond acceptors (Lipinski definition) is 6. The lowest BCUT2D eigenvalue weighted by molar-refractivity contribution is -0.163. The summed E-state index contributed by atoms with van der Waals surface area (Å²) in [5.41, 5.74) is 0.00165. The summed E-state index contributed by atoms with van der Waals surface area (Å²) in [6.07, 6.45) is -2.96. The molecule has 0 radical (unpaired) electrons. The summed E-state index contributed by atoms with van der Waals surface area (Å²) in [5, 5.41) is 4.88. The molecule has 0 spiro atoms. The van der Waals surface area contributed by atoms with Crippen molar-refractivity contribution >= 4 is 52.0 Å². The van der Waals surface area contributed by atoms with Crippen LogP contribution >= 0.6 is 22.9 Å². The van der Waals surface area contributed by atoms with E-state index in [0.29, 0.717) is 23.6 Å². The maximum Gasteiger partial charge on any atom is 0.401 e. The van der Waals surface area contributed by atoms with Crippen LogP contribution in [0.5, 0.6) is 0 Å². The summed E-state index contributed by atoms with van der Waals surface area (Å²) in [7, 11) is 0. The number of thiophene rings is 1. The maximum atomic E-state index is 14.9. The van der Waals surface area contributed by atoms with Gasteiger partial charge in [0.15, 0.2) is 0 Å². The van der Waals surface area contributed by atoms with Crippen LogP contribution in [0.25, 0.3) is 0 Å². The normalized spacial score (nSPS) is 17.3. The van der Waals surface area contributed by atoms with Gasteiger partial charge in [-0.15, -0.1) is 11.3 Å². The summed E-state index contributed by atoms with van der Waals surface area (Å²) in [6.45, 7) is -1.42. The van der Waals surface area contributed by atoms with E-state index in [0.717, 1.165) is 22.3 Å². The Bertz CT molecular complexity index is 1190. The molecule has 2 aliphatic rings. The van der Waals surface area contributed by atoms with Crippen molar-refractivity contribution in [1.82, 2.24) is 10.2 Å². The fraction of sp³-hybridized carbons (Fsp3) is 0.458. The Labute approximate surface area is 224 Å². The van der Waals surface area contributed by atoms with Crippen molar-refractivity contribution in [3.05, 3.63) is 45.4 Å². The fourth-order valence-electron chi connectivity index (χ4n) is 4.27. The van der Waals surface area contributed by atoms with Gasteiger partial charge < -0.3 is 20.3 Å². The van der Waals surface area contributed by atoms with Crippen LogP contribution in [0.3, 0.4) is 0 Å². The second-order valence-electron chi connectivity index (χ2n) is 8.95. The number of rotatable bonds is 9. The van der Waals surface area contributed by atoms with Crippen molar-refractivity contribution in [3.8, 4) is 0 Å². The zero-order valence-electron chi connectivity index (χ0n) is 20.0. The molecular formula is C24H25ClF4N4O4S. The lowest BCUT2D eigenvalue weighted by Crippen LogP contribution is -2.58. The average Bonchev–Trinajstić information content (AvgIpc) is 3.25. The SMILES string of the molecule is O=C(NC[C@@H](C(=O)Nc1ccc(N2CCOCC2=O)cc1F)N(CC(F)(F)F)C1CCC1)c1ccc(Cl)s1. The fourth-order valence-corrected chi connectivity index (χ4v) is 5.23. The highest BCUT2D eigenvalue weighted by molar-refractivity contribution is 7.18. The van der Waals surface area contributed by atoms with E-state index in [9.17, 15) is 31.9 Å². The van der Waals surface area contributed by atoms with E-state index in [1.54, 1.807) is 0 Å². The molecule has 1 aliphatic heterocycles. The minimum atomic E-state index is -4.60. The third-order valence-electron chi connectivity index (χ3n) is 6.37. The molecule has 0 bridgehead atoms. The van der Waals surface area contributed by atoms with Gasteiger partial charge in [-0.05, 0) is 43.2 Å². The Kier molecular flexibility index (Phi) is 8.91. The van der Waals surface area contributed by atoms with Gasteiger partial charge in [0.25, 0.3) is 11.8 Å². The first-order valence-electron chi connectivity index (χ1n) is 11.9. The number of benzene rings is 1. The molecule has 2 fully saturated rings. The van der Waals surface area contributed by atoms with Crippen molar-refractivity contribution in [2.24, 2.45) is 0 Å². The van der Waals surface area contributed by atoms with Crippen molar-refractivity contribution < 1.29 is 36.7 Å². The van der Waals surface area contributed by atoms with Crippen LogP contribution < -0.4 is 15.5 Å². The number of halogens is 5. The summed E-state index contributed by atoms with van der Waals surface area (Å²) in [5.74, 6) is -2.71. The number of alkyl halides is 3. The predicted octanol–water partition coefficient (Wildman–Crippen LogP) is 4.06. The van der Waals surface area contributed by atoms with E-state index in [1.165, 1.54) is 29.2 Å². The van der Waals surface area contributed by atoms with Gasteiger partial charge in [0.2, 0.25) is 5.91 Å². The number of anilines is 2. The van der Waals surface area contributed by atoms with Crippen molar-refractivity contribution in [3.63, 3.8) is 0 Å². The highest BCUT2D eigenvalue weighted by atomic mass is 35.5. The number of morpholine rings is 1. The van der Waals surface area contributed by atoms with Crippen LogP contribution in [-0.2, 0) is 14.3 Å². The Balaban J connectivity index is 1.54. The Hall–Kier alpha value is -2.74. The molecule has 0 unspecified atom stereocenters. The number of nitrogens with one attached hydrogen (secondary N) is 2. The lowest BCUT2D eigenvalue weighted by Gasteiger charge is -2.42. The topological polar surface area (TPSA) is 91.0 Å².